The summed E-state index contributed by atoms with van der Waals surface area (Å²) >= 11 is 1.54. The van der Waals surface area contributed by atoms with E-state index in [4.69, 9.17) is 9.52 Å². The summed E-state index contributed by atoms with van der Waals surface area (Å²) in [5.74, 6) is 1.10. The van der Waals surface area contributed by atoms with Crippen molar-refractivity contribution in [3.63, 3.8) is 0 Å². The lowest BCUT2D eigenvalue weighted by Gasteiger charge is -2.20. The van der Waals surface area contributed by atoms with E-state index in [-0.39, 0.29) is 0 Å². The molecule has 20 heavy (non-hydrogen) atoms. The van der Waals surface area contributed by atoms with Crippen molar-refractivity contribution >= 4 is 23.8 Å². The number of carboxylic acids is 1. The minimum absolute atomic E-state index is 0.300. The van der Waals surface area contributed by atoms with Gasteiger partial charge in [0, 0.05) is 7.05 Å². The number of thioether (sulfide) groups is 1. The molecule has 112 valence electrons. The molecule has 7 heteroatoms. The number of furan rings is 1. The van der Waals surface area contributed by atoms with Gasteiger partial charge in [-0.2, -0.15) is 11.8 Å². The van der Waals surface area contributed by atoms with Gasteiger partial charge < -0.3 is 19.7 Å². The second-order valence-corrected chi connectivity index (χ2v) is 5.48. The number of carbonyl (C=O) groups excluding carboxylic acids is 1. The van der Waals surface area contributed by atoms with Crippen LogP contribution in [-0.2, 0) is 11.3 Å². The molecular weight excluding hydrogens is 280 g/mol. The molecule has 0 fully saturated rings. The van der Waals surface area contributed by atoms with Gasteiger partial charge in [-0.3, -0.25) is 0 Å². The van der Waals surface area contributed by atoms with Crippen LogP contribution in [0.15, 0.2) is 16.5 Å². The van der Waals surface area contributed by atoms with Crippen LogP contribution in [-0.4, -0.2) is 47.1 Å². The van der Waals surface area contributed by atoms with Crippen LogP contribution in [0.25, 0.3) is 0 Å². The zero-order chi connectivity index (χ0) is 15.1. The van der Waals surface area contributed by atoms with Gasteiger partial charge in [0.25, 0.3) is 0 Å². The molecule has 0 aromatic carbocycles. The van der Waals surface area contributed by atoms with Gasteiger partial charge in [0.1, 0.15) is 17.6 Å². The van der Waals surface area contributed by atoms with E-state index < -0.39 is 18.0 Å². The summed E-state index contributed by atoms with van der Waals surface area (Å²) in [7, 11) is 1.60. The lowest BCUT2D eigenvalue weighted by atomic mass is 10.2. The minimum Gasteiger partial charge on any atom is -0.480 e. The number of amides is 2. The smallest absolute Gasteiger partial charge is 0.326 e. The number of nitrogens with zero attached hydrogens (tertiary/aromatic N) is 1. The summed E-state index contributed by atoms with van der Waals surface area (Å²) in [4.78, 5) is 24.4. The fourth-order valence-electron chi connectivity index (χ4n) is 1.63. The lowest BCUT2D eigenvalue weighted by Crippen LogP contribution is -2.46. The number of urea groups is 1. The Labute approximate surface area is 122 Å². The van der Waals surface area contributed by atoms with Crippen LogP contribution in [0.1, 0.15) is 17.9 Å². The third-order valence-corrected chi connectivity index (χ3v) is 3.39. The predicted octanol–water partition coefficient (Wildman–Crippen LogP) is 1.94. The molecule has 2 amide bonds. The van der Waals surface area contributed by atoms with Crippen LogP contribution >= 0.6 is 11.8 Å². The average molecular weight is 300 g/mol. The fourth-order valence-corrected chi connectivity index (χ4v) is 2.10. The van der Waals surface area contributed by atoms with Gasteiger partial charge >= 0.3 is 12.0 Å². The van der Waals surface area contributed by atoms with Gasteiger partial charge in [-0.25, -0.2) is 9.59 Å². The molecule has 0 radical (unpaired) electrons. The molecule has 0 aliphatic carbocycles. The Morgan fingerprint density at radius 2 is 2.20 bits per heavy atom. The molecule has 0 saturated heterocycles. The second kappa shape index (κ2) is 7.84. The van der Waals surface area contributed by atoms with E-state index >= 15 is 0 Å². The highest BCUT2D eigenvalue weighted by molar-refractivity contribution is 7.98. The van der Waals surface area contributed by atoms with Gasteiger partial charge in [-0.1, -0.05) is 0 Å². The Hall–Kier alpha value is -1.63. The SMILES string of the molecule is CSCCC(NC(=O)N(C)Cc1ccc(C)o1)C(=O)O. The van der Waals surface area contributed by atoms with Crippen molar-refractivity contribution in [3.8, 4) is 0 Å². The van der Waals surface area contributed by atoms with E-state index in [0.717, 1.165) is 5.76 Å². The maximum absolute atomic E-state index is 11.9. The molecule has 2 N–H and O–H groups in total. The minimum atomic E-state index is -1.02. The maximum atomic E-state index is 11.9. The number of nitrogens with one attached hydrogen (secondary N) is 1. The molecule has 1 atom stereocenters. The molecule has 1 aromatic heterocycles. The van der Waals surface area contributed by atoms with Gasteiger partial charge in [-0.05, 0) is 37.5 Å². The van der Waals surface area contributed by atoms with Crippen LogP contribution in [0.2, 0.25) is 0 Å². The molecule has 0 aliphatic rings. The topological polar surface area (TPSA) is 82.8 Å². The summed E-state index contributed by atoms with van der Waals surface area (Å²) in [6.45, 7) is 2.13. The standard InChI is InChI=1S/C13H20N2O4S/c1-9-4-5-10(19-9)8-15(2)13(18)14-11(12(16)17)6-7-20-3/h4-5,11H,6-8H2,1-3H3,(H,14,18)(H,16,17). The van der Waals surface area contributed by atoms with E-state index in [1.54, 1.807) is 24.9 Å². The van der Waals surface area contributed by atoms with Crippen LogP contribution in [0.4, 0.5) is 4.79 Å². The van der Waals surface area contributed by atoms with Crippen molar-refractivity contribution in [2.45, 2.75) is 25.9 Å². The summed E-state index contributed by atoms with van der Waals surface area (Å²) in [6, 6.07) is 2.32. The Morgan fingerprint density at radius 3 is 2.70 bits per heavy atom. The highest BCUT2D eigenvalue weighted by Crippen LogP contribution is 2.09. The third kappa shape index (κ3) is 5.16. The van der Waals surface area contributed by atoms with E-state index in [9.17, 15) is 9.59 Å². The molecule has 0 bridgehead atoms. The molecule has 1 heterocycles. The van der Waals surface area contributed by atoms with E-state index in [1.165, 1.54) is 4.90 Å². The van der Waals surface area contributed by atoms with E-state index in [2.05, 4.69) is 5.32 Å². The Morgan fingerprint density at radius 1 is 1.50 bits per heavy atom. The second-order valence-electron chi connectivity index (χ2n) is 4.49. The quantitative estimate of drug-likeness (QED) is 0.804. The highest BCUT2D eigenvalue weighted by Gasteiger charge is 2.21. The zero-order valence-electron chi connectivity index (χ0n) is 11.9. The van der Waals surface area contributed by atoms with Crippen molar-refractivity contribution in [2.75, 3.05) is 19.1 Å². The number of carboxylic acid groups (broad SMARTS) is 1. The van der Waals surface area contributed by atoms with E-state index in [1.807, 2.05) is 19.2 Å². The summed E-state index contributed by atoms with van der Waals surface area (Å²) in [5.41, 5.74) is 0. The van der Waals surface area contributed by atoms with Gasteiger partial charge in [0.15, 0.2) is 0 Å². The Balaban J connectivity index is 2.52. The molecule has 0 saturated carbocycles. The summed E-state index contributed by atoms with van der Waals surface area (Å²) in [6.07, 6.45) is 2.29. The van der Waals surface area contributed by atoms with Crippen LogP contribution in [0.5, 0.6) is 0 Å². The largest absolute Gasteiger partial charge is 0.480 e. The van der Waals surface area contributed by atoms with E-state index in [0.29, 0.717) is 24.5 Å². The average Bonchev–Trinajstić information content (AvgIpc) is 2.79. The molecule has 0 spiro atoms. The Kier molecular flexibility index (Phi) is 6.44. The third-order valence-electron chi connectivity index (χ3n) is 2.74. The number of rotatable bonds is 7. The van der Waals surface area contributed by atoms with Crippen molar-refractivity contribution in [1.82, 2.24) is 10.2 Å². The predicted molar refractivity (Wildman–Crippen MR) is 77.9 cm³/mol. The Bertz CT molecular complexity index is 461. The highest BCUT2D eigenvalue weighted by atomic mass is 32.2. The number of hydrogen-bond donors (Lipinski definition) is 2. The van der Waals surface area contributed by atoms with Crippen LogP contribution in [0, 0.1) is 6.92 Å². The van der Waals surface area contributed by atoms with Gasteiger partial charge in [0.2, 0.25) is 0 Å². The van der Waals surface area contributed by atoms with Crippen molar-refractivity contribution in [1.29, 1.82) is 0 Å². The van der Waals surface area contributed by atoms with Crippen LogP contribution < -0.4 is 5.32 Å². The molecular formula is C13H20N2O4S. The number of carbonyl (C=O) groups is 2. The van der Waals surface area contributed by atoms with Gasteiger partial charge in [-0.15, -0.1) is 0 Å². The fraction of sp³-hybridized carbons (Fsp3) is 0.538. The maximum Gasteiger partial charge on any atom is 0.326 e. The molecule has 1 unspecified atom stereocenters. The van der Waals surface area contributed by atoms with Crippen molar-refractivity contribution in [2.24, 2.45) is 0 Å². The summed E-state index contributed by atoms with van der Waals surface area (Å²) in [5, 5.41) is 11.6. The number of aryl methyl sites for hydroxylation is 1. The number of aliphatic carboxylic acids is 1. The monoisotopic (exact) mass is 300 g/mol. The molecule has 1 rings (SSSR count). The van der Waals surface area contributed by atoms with Crippen molar-refractivity contribution in [3.05, 3.63) is 23.7 Å². The molecule has 1 aromatic rings. The first-order valence-corrected chi connectivity index (χ1v) is 7.62. The normalized spacial score (nSPS) is 11.9. The summed E-state index contributed by atoms with van der Waals surface area (Å²) < 4.78 is 5.38. The molecule has 6 nitrogen and oxygen atoms in total. The zero-order valence-corrected chi connectivity index (χ0v) is 12.7. The first kappa shape index (κ1) is 16.4. The molecule has 0 aliphatic heterocycles. The van der Waals surface area contributed by atoms with Crippen molar-refractivity contribution < 1.29 is 19.1 Å². The number of hydrogen-bond acceptors (Lipinski definition) is 4. The van der Waals surface area contributed by atoms with Gasteiger partial charge in [0.05, 0.1) is 6.54 Å². The lowest BCUT2D eigenvalue weighted by molar-refractivity contribution is -0.139. The first-order valence-electron chi connectivity index (χ1n) is 6.22. The van der Waals surface area contributed by atoms with Crippen LogP contribution in [0.3, 0.4) is 0 Å². The first-order chi connectivity index (χ1) is 9.43.